The van der Waals surface area contributed by atoms with Crippen molar-refractivity contribution >= 4 is 34.4 Å². The summed E-state index contributed by atoms with van der Waals surface area (Å²) < 4.78 is 0. The van der Waals surface area contributed by atoms with Crippen LogP contribution in [0.5, 0.6) is 0 Å². The molecule has 1 amide bonds. The number of amides is 1. The summed E-state index contributed by atoms with van der Waals surface area (Å²) in [5.41, 5.74) is 8.69. The zero-order valence-corrected chi connectivity index (χ0v) is 18.7. The first-order chi connectivity index (χ1) is 15.6. The molecule has 2 fully saturated rings. The van der Waals surface area contributed by atoms with Crippen LogP contribution in [0.4, 0.5) is 5.95 Å². The summed E-state index contributed by atoms with van der Waals surface area (Å²) in [5.74, 6) is 0.790. The number of nitrogens with one attached hydrogen (secondary N) is 3. The third-order valence-electron chi connectivity index (χ3n) is 6.79. The second kappa shape index (κ2) is 9.08. The average Bonchev–Trinajstić information content (AvgIpc) is 3.42. The topological polar surface area (TPSA) is 109 Å². The van der Waals surface area contributed by atoms with Crippen molar-refractivity contribution < 1.29 is 4.79 Å². The monoisotopic (exact) mass is 452 g/mol. The van der Waals surface area contributed by atoms with Crippen molar-refractivity contribution in [1.82, 2.24) is 20.3 Å². The Morgan fingerprint density at radius 1 is 1.12 bits per heavy atom. The van der Waals surface area contributed by atoms with Crippen LogP contribution in [0.3, 0.4) is 0 Å². The molecule has 168 valence electrons. The fourth-order valence-electron chi connectivity index (χ4n) is 5.10. The summed E-state index contributed by atoms with van der Waals surface area (Å²) in [6.07, 6.45) is 10.2. The van der Waals surface area contributed by atoms with Gasteiger partial charge in [0.2, 0.25) is 11.9 Å². The van der Waals surface area contributed by atoms with Gasteiger partial charge in [-0.3, -0.25) is 4.79 Å². The molecule has 8 heteroatoms. The fraction of sp³-hybridized carbons (Fsp3) is 0.458. The molecular weight excluding hydrogens is 424 g/mol. The van der Waals surface area contributed by atoms with E-state index >= 15 is 0 Å². The second-order valence-electron chi connectivity index (χ2n) is 9.12. The molecule has 2 aromatic heterocycles. The van der Waals surface area contributed by atoms with Crippen LogP contribution in [0, 0.1) is 5.92 Å². The minimum Gasteiger partial charge on any atom is -0.360 e. The third-order valence-corrected chi connectivity index (χ3v) is 7.06. The maximum atomic E-state index is 12.6. The number of para-hydroxylation sites is 1. The van der Waals surface area contributed by atoms with Gasteiger partial charge >= 0.3 is 0 Å². The molecule has 5 N–H and O–H groups in total. The van der Waals surface area contributed by atoms with Gasteiger partial charge in [-0.25, -0.2) is 9.97 Å². The van der Waals surface area contributed by atoms with Crippen LogP contribution in [0.15, 0.2) is 36.7 Å². The van der Waals surface area contributed by atoms with Gasteiger partial charge in [0.25, 0.3) is 0 Å². The molecule has 7 nitrogen and oxygen atoms in total. The Labute approximate surface area is 192 Å². The second-order valence-corrected chi connectivity index (χ2v) is 9.53. The van der Waals surface area contributed by atoms with Gasteiger partial charge in [-0.15, -0.1) is 0 Å². The summed E-state index contributed by atoms with van der Waals surface area (Å²) in [7, 11) is 0. The van der Waals surface area contributed by atoms with Gasteiger partial charge in [-0.05, 0) is 51.0 Å². The standard InChI is InChI=1S/C24H29ClN6O/c25-20-13-28-24(31-22(20)19-12-27-21-7-2-1-6-18(19)21)30-17-5-3-4-16(11-17)29-23(32)14-8-9-15(26)10-14/h1-2,6-7,12-17,27H,3-5,8-11,26H2,(H,29,32)(H,28,30,31)/t14-,15+,16-,17+/m0/s1. The van der Waals surface area contributed by atoms with Gasteiger partial charge in [0.05, 0.1) is 16.9 Å². The van der Waals surface area contributed by atoms with Gasteiger partial charge in [0, 0.05) is 46.7 Å². The highest BCUT2D eigenvalue weighted by Gasteiger charge is 2.31. The smallest absolute Gasteiger partial charge is 0.223 e. The first kappa shape index (κ1) is 21.2. The maximum Gasteiger partial charge on any atom is 0.223 e. The molecule has 2 aliphatic carbocycles. The van der Waals surface area contributed by atoms with E-state index in [1.807, 2.05) is 24.4 Å². The average molecular weight is 453 g/mol. The van der Waals surface area contributed by atoms with E-state index in [0.717, 1.165) is 61.4 Å². The van der Waals surface area contributed by atoms with E-state index in [9.17, 15) is 4.79 Å². The lowest BCUT2D eigenvalue weighted by molar-refractivity contribution is -0.125. The molecule has 0 unspecified atom stereocenters. The highest BCUT2D eigenvalue weighted by molar-refractivity contribution is 6.33. The Kier molecular flexibility index (Phi) is 6.02. The third kappa shape index (κ3) is 4.45. The van der Waals surface area contributed by atoms with Gasteiger partial charge in [-0.1, -0.05) is 29.8 Å². The van der Waals surface area contributed by atoms with Gasteiger partial charge in [0.15, 0.2) is 0 Å². The molecule has 32 heavy (non-hydrogen) atoms. The largest absolute Gasteiger partial charge is 0.360 e. The molecule has 4 atom stereocenters. The van der Waals surface area contributed by atoms with E-state index in [1.54, 1.807) is 6.20 Å². The molecule has 0 spiro atoms. The van der Waals surface area contributed by atoms with Crippen molar-refractivity contribution in [1.29, 1.82) is 0 Å². The Bertz CT molecular complexity index is 1110. The lowest BCUT2D eigenvalue weighted by Gasteiger charge is -2.31. The number of anilines is 1. The number of carbonyl (C=O) groups is 1. The van der Waals surface area contributed by atoms with Crippen molar-refractivity contribution in [2.45, 2.75) is 63.1 Å². The van der Waals surface area contributed by atoms with Crippen molar-refractivity contribution in [3.63, 3.8) is 0 Å². The van der Waals surface area contributed by atoms with Crippen LogP contribution in [-0.4, -0.2) is 39.0 Å². The summed E-state index contributed by atoms with van der Waals surface area (Å²) in [6.45, 7) is 0. The van der Waals surface area contributed by atoms with Crippen molar-refractivity contribution in [3.05, 3.63) is 41.7 Å². The number of H-pyrrole nitrogens is 1. The van der Waals surface area contributed by atoms with E-state index in [2.05, 4.69) is 26.7 Å². The predicted octanol–water partition coefficient (Wildman–Crippen LogP) is 4.25. The molecule has 5 rings (SSSR count). The summed E-state index contributed by atoms with van der Waals surface area (Å²) in [5, 5.41) is 8.33. The number of halogens is 1. The van der Waals surface area contributed by atoms with Gasteiger partial charge in [-0.2, -0.15) is 0 Å². The fourth-order valence-corrected chi connectivity index (χ4v) is 5.29. The molecule has 0 saturated heterocycles. The van der Waals surface area contributed by atoms with E-state index in [1.165, 1.54) is 0 Å². The molecule has 2 heterocycles. The zero-order valence-electron chi connectivity index (χ0n) is 18.0. The number of nitrogens with two attached hydrogens (primary N) is 1. The Hall–Kier alpha value is -2.64. The number of nitrogens with zero attached hydrogens (tertiary/aromatic N) is 2. The zero-order chi connectivity index (χ0) is 22.1. The highest BCUT2D eigenvalue weighted by atomic mass is 35.5. The van der Waals surface area contributed by atoms with Crippen molar-refractivity contribution in [3.8, 4) is 11.3 Å². The highest BCUT2D eigenvalue weighted by Crippen LogP contribution is 2.33. The number of aromatic amines is 1. The molecule has 0 radical (unpaired) electrons. The van der Waals surface area contributed by atoms with E-state index in [-0.39, 0.29) is 30.0 Å². The Balaban J connectivity index is 1.27. The number of carbonyl (C=O) groups excluding carboxylic acids is 1. The number of benzene rings is 1. The normalized spacial score (nSPS) is 25.7. The van der Waals surface area contributed by atoms with Gasteiger partial charge in [0.1, 0.15) is 0 Å². The molecular formula is C24H29ClN6O. The first-order valence-corrected chi connectivity index (χ1v) is 11.9. The minimum atomic E-state index is 0.0664. The Morgan fingerprint density at radius 3 is 2.81 bits per heavy atom. The van der Waals surface area contributed by atoms with Crippen LogP contribution in [0.1, 0.15) is 44.9 Å². The lowest BCUT2D eigenvalue weighted by atomic mass is 9.90. The minimum absolute atomic E-state index is 0.0664. The number of rotatable bonds is 5. The molecule has 0 bridgehead atoms. The lowest BCUT2D eigenvalue weighted by Crippen LogP contribution is -2.44. The maximum absolute atomic E-state index is 12.6. The van der Waals surface area contributed by atoms with E-state index < -0.39 is 0 Å². The molecule has 2 saturated carbocycles. The van der Waals surface area contributed by atoms with Gasteiger partial charge < -0.3 is 21.4 Å². The number of fused-ring (bicyclic) bond motifs is 1. The Morgan fingerprint density at radius 2 is 1.97 bits per heavy atom. The van der Waals surface area contributed by atoms with Crippen molar-refractivity contribution in [2.75, 3.05) is 5.32 Å². The SMILES string of the molecule is N[C@@H]1CC[C@H](C(=O)N[C@H]2CCC[C@@H](Nc3ncc(Cl)c(-c4c[nH]c5ccccc45)n3)C2)C1. The molecule has 0 aliphatic heterocycles. The predicted molar refractivity (Wildman–Crippen MR) is 127 cm³/mol. The number of hydrogen-bond acceptors (Lipinski definition) is 5. The van der Waals surface area contributed by atoms with Crippen LogP contribution in [0.2, 0.25) is 5.02 Å². The van der Waals surface area contributed by atoms with Crippen molar-refractivity contribution in [2.24, 2.45) is 11.7 Å². The van der Waals surface area contributed by atoms with Crippen LogP contribution in [0.25, 0.3) is 22.2 Å². The number of aromatic nitrogens is 3. The number of hydrogen-bond donors (Lipinski definition) is 4. The summed E-state index contributed by atoms with van der Waals surface area (Å²) in [4.78, 5) is 25.0. The van der Waals surface area contributed by atoms with E-state index in [4.69, 9.17) is 22.3 Å². The molecule has 3 aromatic rings. The first-order valence-electron chi connectivity index (χ1n) is 11.5. The van der Waals surface area contributed by atoms with Crippen LogP contribution < -0.4 is 16.4 Å². The molecule has 1 aromatic carbocycles. The summed E-state index contributed by atoms with van der Waals surface area (Å²) >= 11 is 6.46. The van der Waals surface area contributed by atoms with Crippen LogP contribution >= 0.6 is 11.6 Å². The van der Waals surface area contributed by atoms with Crippen LogP contribution in [-0.2, 0) is 4.79 Å². The molecule has 2 aliphatic rings. The summed E-state index contributed by atoms with van der Waals surface area (Å²) in [6, 6.07) is 8.63. The van der Waals surface area contributed by atoms with E-state index in [0.29, 0.717) is 16.7 Å². The quantitative estimate of drug-likeness (QED) is 0.462.